The second-order valence-electron chi connectivity index (χ2n) is 2.83. The van der Waals surface area contributed by atoms with Crippen molar-refractivity contribution >= 4 is 22.4 Å². The van der Waals surface area contributed by atoms with E-state index in [2.05, 4.69) is 10.3 Å². The molecule has 5 heteroatoms. The first-order chi connectivity index (χ1) is 6.00. The molecular weight excluding hydrogens is 188 g/mol. The molecule has 1 atom stereocenters. The van der Waals surface area contributed by atoms with E-state index in [0.29, 0.717) is 5.13 Å². The van der Waals surface area contributed by atoms with Crippen LogP contribution in [0.3, 0.4) is 0 Å². The van der Waals surface area contributed by atoms with Crippen molar-refractivity contribution in [3.05, 3.63) is 10.6 Å². The molecule has 0 aliphatic carbocycles. The monoisotopic (exact) mass is 200 g/mol. The van der Waals surface area contributed by atoms with Crippen molar-refractivity contribution in [1.29, 1.82) is 0 Å². The van der Waals surface area contributed by atoms with Gasteiger partial charge in [-0.25, -0.2) is 4.98 Å². The molecule has 1 aromatic rings. The summed E-state index contributed by atoms with van der Waals surface area (Å²) in [5.41, 5.74) is 0.908. The molecule has 0 spiro atoms. The Morgan fingerprint density at radius 3 is 2.62 bits per heavy atom. The van der Waals surface area contributed by atoms with Crippen LogP contribution in [0, 0.1) is 13.8 Å². The normalized spacial score (nSPS) is 12.6. The van der Waals surface area contributed by atoms with Gasteiger partial charge in [-0.3, -0.25) is 10.1 Å². The van der Waals surface area contributed by atoms with Gasteiger partial charge in [0, 0.05) is 4.88 Å². The van der Waals surface area contributed by atoms with Gasteiger partial charge in [-0.1, -0.05) is 0 Å². The molecule has 0 fully saturated rings. The van der Waals surface area contributed by atoms with E-state index in [-0.39, 0.29) is 0 Å². The topological polar surface area (TPSA) is 62.2 Å². The number of carbonyl (C=O) groups excluding carboxylic acids is 1. The number of rotatable bonds is 2. The molecule has 1 aromatic heterocycles. The molecule has 0 saturated carbocycles. The second-order valence-corrected chi connectivity index (χ2v) is 4.03. The molecule has 0 radical (unpaired) electrons. The van der Waals surface area contributed by atoms with Crippen LogP contribution in [0.25, 0.3) is 0 Å². The van der Waals surface area contributed by atoms with Gasteiger partial charge < -0.3 is 5.11 Å². The SMILES string of the molecule is Cc1nc(NC(=O)[C@@H](C)O)sc1C. The van der Waals surface area contributed by atoms with Gasteiger partial charge in [0.25, 0.3) is 5.91 Å². The maximum absolute atomic E-state index is 11.0. The Morgan fingerprint density at radius 2 is 2.23 bits per heavy atom. The lowest BCUT2D eigenvalue weighted by Gasteiger charge is -2.02. The van der Waals surface area contributed by atoms with Crippen LogP contribution in [-0.2, 0) is 4.79 Å². The minimum Gasteiger partial charge on any atom is -0.384 e. The first-order valence-corrected chi connectivity index (χ1v) is 4.75. The highest BCUT2D eigenvalue weighted by molar-refractivity contribution is 7.15. The van der Waals surface area contributed by atoms with Crippen molar-refractivity contribution in [2.24, 2.45) is 0 Å². The predicted octanol–water partition coefficient (Wildman–Crippen LogP) is 1.08. The molecule has 2 N–H and O–H groups in total. The largest absolute Gasteiger partial charge is 0.384 e. The van der Waals surface area contributed by atoms with Gasteiger partial charge in [0.15, 0.2) is 5.13 Å². The highest BCUT2D eigenvalue weighted by Gasteiger charge is 2.11. The zero-order valence-corrected chi connectivity index (χ0v) is 8.60. The molecule has 0 aliphatic heterocycles. The average Bonchev–Trinajstić information content (AvgIpc) is 2.31. The molecule has 1 amide bonds. The maximum atomic E-state index is 11.0. The Hall–Kier alpha value is -0.940. The molecule has 13 heavy (non-hydrogen) atoms. The summed E-state index contributed by atoms with van der Waals surface area (Å²) in [7, 11) is 0. The summed E-state index contributed by atoms with van der Waals surface area (Å²) in [5.74, 6) is -0.422. The van der Waals surface area contributed by atoms with Crippen molar-refractivity contribution in [3.8, 4) is 0 Å². The number of hydrogen-bond acceptors (Lipinski definition) is 4. The van der Waals surface area contributed by atoms with E-state index in [1.807, 2.05) is 13.8 Å². The van der Waals surface area contributed by atoms with Gasteiger partial charge >= 0.3 is 0 Å². The molecule has 0 unspecified atom stereocenters. The van der Waals surface area contributed by atoms with Crippen LogP contribution in [0.5, 0.6) is 0 Å². The van der Waals surface area contributed by atoms with Crippen molar-refractivity contribution in [1.82, 2.24) is 4.98 Å². The van der Waals surface area contributed by atoms with Gasteiger partial charge in [-0.15, -0.1) is 11.3 Å². The maximum Gasteiger partial charge on any atom is 0.254 e. The van der Waals surface area contributed by atoms with Gasteiger partial charge in [0.1, 0.15) is 6.10 Å². The average molecular weight is 200 g/mol. The minimum atomic E-state index is -0.996. The number of amides is 1. The standard InChI is InChI=1S/C8H12N2O2S/c1-4-6(3)13-8(9-4)10-7(12)5(2)11/h5,11H,1-3H3,(H,9,10,12)/t5-/m1/s1. The van der Waals surface area contributed by atoms with Crippen molar-refractivity contribution in [2.75, 3.05) is 5.32 Å². The number of thiazole rings is 1. The second kappa shape index (κ2) is 3.85. The third-order valence-electron chi connectivity index (χ3n) is 1.64. The Kier molecular flexibility index (Phi) is 3.00. The Bertz CT molecular complexity index is 300. The number of anilines is 1. The van der Waals surface area contributed by atoms with Gasteiger partial charge in [0.2, 0.25) is 0 Å². The zero-order valence-electron chi connectivity index (χ0n) is 7.79. The summed E-state index contributed by atoms with van der Waals surface area (Å²) >= 11 is 1.41. The van der Waals surface area contributed by atoms with Crippen molar-refractivity contribution in [3.63, 3.8) is 0 Å². The number of aliphatic hydroxyl groups excluding tert-OH is 1. The molecule has 0 aromatic carbocycles. The van der Waals surface area contributed by atoms with E-state index in [0.717, 1.165) is 10.6 Å². The van der Waals surface area contributed by atoms with E-state index in [1.165, 1.54) is 18.3 Å². The summed E-state index contributed by atoms with van der Waals surface area (Å²) in [5, 5.41) is 12.0. The molecular formula is C8H12N2O2S. The van der Waals surface area contributed by atoms with Crippen LogP contribution in [0.2, 0.25) is 0 Å². The van der Waals surface area contributed by atoms with Crippen LogP contribution in [0.15, 0.2) is 0 Å². The van der Waals surface area contributed by atoms with Gasteiger partial charge in [0.05, 0.1) is 5.69 Å². The third kappa shape index (κ3) is 2.50. The summed E-state index contributed by atoms with van der Waals surface area (Å²) < 4.78 is 0. The first-order valence-electron chi connectivity index (χ1n) is 3.93. The van der Waals surface area contributed by atoms with Crippen LogP contribution < -0.4 is 5.32 Å². The lowest BCUT2D eigenvalue weighted by Crippen LogP contribution is -2.24. The van der Waals surface area contributed by atoms with Crippen LogP contribution in [-0.4, -0.2) is 22.1 Å². The van der Waals surface area contributed by atoms with E-state index in [4.69, 9.17) is 5.11 Å². The van der Waals surface area contributed by atoms with E-state index < -0.39 is 12.0 Å². The molecule has 0 aliphatic rings. The minimum absolute atomic E-state index is 0.422. The molecule has 0 bridgehead atoms. The van der Waals surface area contributed by atoms with Gasteiger partial charge in [-0.05, 0) is 20.8 Å². The smallest absolute Gasteiger partial charge is 0.254 e. The number of nitrogens with zero attached hydrogens (tertiary/aromatic N) is 1. The summed E-state index contributed by atoms with van der Waals surface area (Å²) in [6, 6.07) is 0. The lowest BCUT2D eigenvalue weighted by atomic mass is 10.4. The molecule has 0 saturated heterocycles. The zero-order chi connectivity index (χ0) is 10.0. The highest BCUT2D eigenvalue weighted by atomic mass is 32.1. The summed E-state index contributed by atoms with van der Waals surface area (Å²) in [6.45, 7) is 5.23. The number of nitrogens with one attached hydrogen (secondary N) is 1. The summed E-state index contributed by atoms with van der Waals surface area (Å²) in [4.78, 5) is 16.2. The lowest BCUT2D eigenvalue weighted by molar-refractivity contribution is -0.123. The molecule has 4 nitrogen and oxygen atoms in total. The van der Waals surface area contributed by atoms with Crippen LogP contribution >= 0.6 is 11.3 Å². The molecule has 72 valence electrons. The van der Waals surface area contributed by atoms with E-state index in [9.17, 15) is 4.79 Å². The van der Waals surface area contributed by atoms with E-state index >= 15 is 0 Å². The predicted molar refractivity (Wildman–Crippen MR) is 51.9 cm³/mol. The van der Waals surface area contributed by atoms with Crippen molar-refractivity contribution in [2.45, 2.75) is 26.9 Å². The Labute approximate surface area is 80.6 Å². The number of carbonyl (C=O) groups is 1. The Balaban J connectivity index is 2.70. The van der Waals surface area contributed by atoms with Gasteiger partial charge in [-0.2, -0.15) is 0 Å². The number of aryl methyl sites for hydroxylation is 2. The van der Waals surface area contributed by atoms with Crippen LogP contribution in [0.1, 0.15) is 17.5 Å². The number of aliphatic hydroxyl groups is 1. The summed E-state index contributed by atoms with van der Waals surface area (Å²) in [6.07, 6.45) is -0.996. The first kappa shape index (κ1) is 10.1. The number of hydrogen-bond donors (Lipinski definition) is 2. The fourth-order valence-electron chi connectivity index (χ4n) is 0.736. The number of aromatic nitrogens is 1. The quantitative estimate of drug-likeness (QED) is 0.751. The third-order valence-corrected chi connectivity index (χ3v) is 2.63. The van der Waals surface area contributed by atoms with Crippen LogP contribution in [0.4, 0.5) is 5.13 Å². The van der Waals surface area contributed by atoms with Crippen molar-refractivity contribution < 1.29 is 9.90 Å². The molecule has 1 rings (SSSR count). The molecule has 1 heterocycles. The Morgan fingerprint density at radius 1 is 1.62 bits per heavy atom. The highest BCUT2D eigenvalue weighted by Crippen LogP contribution is 2.20. The fraction of sp³-hybridized carbons (Fsp3) is 0.500. The van der Waals surface area contributed by atoms with E-state index in [1.54, 1.807) is 0 Å². The fourth-order valence-corrected chi connectivity index (χ4v) is 1.55.